The molecular formula is C12H22O4S. The Morgan fingerprint density at radius 2 is 2.00 bits per heavy atom. The molecule has 0 spiro atoms. The molecule has 0 radical (unpaired) electrons. The Labute approximate surface area is 105 Å². The van der Waals surface area contributed by atoms with Crippen LogP contribution < -0.4 is 0 Å². The van der Waals surface area contributed by atoms with Gasteiger partial charge in [-0.15, -0.1) is 0 Å². The van der Waals surface area contributed by atoms with Gasteiger partial charge in [0.1, 0.15) is 5.60 Å². The van der Waals surface area contributed by atoms with Crippen molar-refractivity contribution in [3.8, 4) is 0 Å². The zero-order chi connectivity index (χ0) is 13.1. The second-order valence-electron chi connectivity index (χ2n) is 4.98. The van der Waals surface area contributed by atoms with Gasteiger partial charge in [-0.2, -0.15) is 0 Å². The fourth-order valence-corrected chi connectivity index (χ4v) is 2.58. The van der Waals surface area contributed by atoms with Crippen molar-refractivity contribution >= 4 is 16.8 Å². The maximum atomic E-state index is 12.1. The number of carbonyl (C=O) groups is 1. The second-order valence-corrected chi connectivity index (χ2v) is 6.79. The minimum absolute atomic E-state index is 0.396. The van der Waals surface area contributed by atoms with E-state index in [0.29, 0.717) is 0 Å². The van der Waals surface area contributed by atoms with Crippen LogP contribution in [0.1, 0.15) is 46.0 Å². The Balaban J connectivity index is 2.80. The number of hydrogen-bond acceptors (Lipinski definition) is 4. The van der Waals surface area contributed by atoms with Gasteiger partial charge in [-0.05, 0) is 39.0 Å². The highest BCUT2D eigenvalue weighted by atomic mass is 32.2. The van der Waals surface area contributed by atoms with Crippen LogP contribution in [0.2, 0.25) is 0 Å². The quantitative estimate of drug-likeness (QED) is 0.760. The monoisotopic (exact) mass is 262 g/mol. The van der Waals surface area contributed by atoms with Crippen LogP contribution >= 0.6 is 0 Å². The number of aliphatic hydroxyl groups excluding tert-OH is 1. The van der Waals surface area contributed by atoms with Gasteiger partial charge in [-0.1, -0.05) is 6.92 Å². The van der Waals surface area contributed by atoms with E-state index in [-0.39, 0.29) is 0 Å². The minimum Gasteiger partial charge on any atom is -0.458 e. The molecule has 100 valence electrons. The van der Waals surface area contributed by atoms with Gasteiger partial charge in [0.15, 0.2) is 4.75 Å². The summed E-state index contributed by atoms with van der Waals surface area (Å²) in [6.07, 6.45) is 6.06. The van der Waals surface area contributed by atoms with Gasteiger partial charge in [0, 0.05) is 17.1 Å². The molecule has 0 aromatic heterocycles. The minimum atomic E-state index is -1.44. The Kier molecular flexibility index (Phi) is 4.72. The van der Waals surface area contributed by atoms with Crippen LogP contribution in [0.5, 0.6) is 0 Å². The van der Waals surface area contributed by atoms with Crippen molar-refractivity contribution in [3.05, 3.63) is 0 Å². The van der Waals surface area contributed by atoms with Crippen molar-refractivity contribution in [3.63, 3.8) is 0 Å². The van der Waals surface area contributed by atoms with E-state index in [4.69, 9.17) is 4.74 Å². The Morgan fingerprint density at radius 3 is 2.35 bits per heavy atom. The van der Waals surface area contributed by atoms with Crippen molar-refractivity contribution in [2.45, 2.75) is 56.3 Å². The number of hydrogen-bond donors (Lipinski definition) is 1. The Morgan fingerprint density at radius 1 is 1.47 bits per heavy atom. The average Bonchev–Trinajstić information content (AvgIpc) is 2.76. The van der Waals surface area contributed by atoms with Crippen LogP contribution in [0, 0.1) is 0 Å². The highest BCUT2D eigenvalue weighted by Gasteiger charge is 2.44. The molecule has 1 fully saturated rings. The standard InChI is InChI=1S/C12H22O4S/c1-4-12(7-5-6-8-12)16-10(14)11(2,9-13)17(3)15/h13H,4-9H2,1-3H3. The molecule has 2 unspecified atom stereocenters. The zero-order valence-electron chi connectivity index (χ0n) is 10.8. The van der Waals surface area contributed by atoms with Crippen LogP contribution in [-0.2, 0) is 20.3 Å². The van der Waals surface area contributed by atoms with Crippen LogP contribution in [0.25, 0.3) is 0 Å². The maximum Gasteiger partial charge on any atom is 0.327 e. The third-order valence-corrected chi connectivity index (χ3v) is 5.40. The van der Waals surface area contributed by atoms with Gasteiger partial charge in [-0.25, -0.2) is 0 Å². The first-order valence-corrected chi connectivity index (χ1v) is 7.64. The summed E-state index contributed by atoms with van der Waals surface area (Å²) in [6.45, 7) is 3.04. The largest absolute Gasteiger partial charge is 0.458 e. The topological polar surface area (TPSA) is 63.6 Å². The van der Waals surface area contributed by atoms with Crippen molar-refractivity contribution in [2.24, 2.45) is 0 Å². The summed E-state index contributed by atoms with van der Waals surface area (Å²) < 4.78 is 15.8. The molecule has 0 saturated heterocycles. The summed E-state index contributed by atoms with van der Waals surface area (Å²) >= 11 is 0. The van der Waals surface area contributed by atoms with E-state index in [2.05, 4.69) is 0 Å². The Hall–Kier alpha value is -0.420. The lowest BCUT2D eigenvalue weighted by atomic mass is 9.98. The van der Waals surface area contributed by atoms with Crippen molar-refractivity contribution in [1.82, 2.24) is 0 Å². The molecule has 0 aliphatic heterocycles. The molecule has 0 heterocycles. The van der Waals surface area contributed by atoms with E-state index in [0.717, 1.165) is 32.1 Å². The molecule has 1 aliphatic rings. The predicted octanol–water partition coefficient (Wildman–Crippen LogP) is 1.38. The number of rotatable bonds is 5. The summed E-state index contributed by atoms with van der Waals surface area (Å²) in [4.78, 5) is 12.1. The summed E-state index contributed by atoms with van der Waals surface area (Å²) in [5, 5.41) is 9.26. The number of carbonyl (C=O) groups excluding carboxylic acids is 1. The van der Waals surface area contributed by atoms with Crippen LogP contribution in [0.4, 0.5) is 0 Å². The van der Waals surface area contributed by atoms with Crippen LogP contribution in [0.3, 0.4) is 0 Å². The highest BCUT2D eigenvalue weighted by Crippen LogP contribution is 2.37. The molecule has 5 heteroatoms. The molecule has 17 heavy (non-hydrogen) atoms. The maximum absolute atomic E-state index is 12.1. The number of ether oxygens (including phenoxy) is 1. The van der Waals surface area contributed by atoms with Gasteiger partial charge in [0.05, 0.1) is 6.61 Å². The predicted molar refractivity (Wildman–Crippen MR) is 67.1 cm³/mol. The number of aliphatic hydroxyl groups is 1. The Bertz CT molecular complexity index is 310. The lowest BCUT2D eigenvalue weighted by molar-refractivity contribution is -0.163. The molecule has 1 saturated carbocycles. The first kappa shape index (κ1) is 14.6. The average molecular weight is 262 g/mol. The van der Waals surface area contributed by atoms with Crippen molar-refractivity contribution in [1.29, 1.82) is 0 Å². The molecule has 1 rings (SSSR count). The van der Waals surface area contributed by atoms with Crippen LogP contribution in [0.15, 0.2) is 0 Å². The van der Waals surface area contributed by atoms with Gasteiger partial charge < -0.3 is 9.84 Å². The molecular weight excluding hydrogens is 240 g/mol. The molecule has 0 bridgehead atoms. The SMILES string of the molecule is CCC1(OC(=O)C(C)(CO)S(C)=O)CCCC1. The smallest absolute Gasteiger partial charge is 0.327 e. The fraction of sp³-hybridized carbons (Fsp3) is 0.917. The van der Waals surface area contributed by atoms with E-state index >= 15 is 0 Å². The molecule has 0 amide bonds. The molecule has 0 aromatic carbocycles. The normalized spacial score (nSPS) is 24.0. The summed E-state index contributed by atoms with van der Waals surface area (Å²) in [5.41, 5.74) is -0.396. The molecule has 1 N–H and O–H groups in total. The summed E-state index contributed by atoms with van der Waals surface area (Å²) in [7, 11) is -1.44. The van der Waals surface area contributed by atoms with Crippen molar-refractivity contribution in [2.75, 3.05) is 12.9 Å². The molecule has 1 aliphatic carbocycles. The fourth-order valence-electron chi connectivity index (χ4n) is 2.12. The summed E-state index contributed by atoms with van der Waals surface area (Å²) in [5.74, 6) is -0.537. The van der Waals surface area contributed by atoms with Gasteiger partial charge in [0.25, 0.3) is 0 Å². The van der Waals surface area contributed by atoms with Gasteiger partial charge in [-0.3, -0.25) is 9.00 Å². The van der Waals surface area contributed by atoms with Gasteiger partial charge in [0.2, 0.25) is 0 Å². The molecule has 0 aromatic rings. The highest BCUT2D eigenvalue weighted by molar-refractivity contribution is 7.86. The third-order valence-electron chi connectivity index (χ3n) is 3.84. The second kappa shape index (κ2) is 5.48. The lowest BCUT2D eigenvalue weighted by Crippen LogP contribution is -2.48. The van der Waals surface area contributed by atoms with Crippen LogP contribution in [-0.4, -0.2) is 38.5 Å². The van der Waals surface area contributed by atoms with Gasteiger partial charge >= 0.3 is 5.97 Å². The van der Waals surface area contributed by atoms with E-state index < -0.39 is 33.7 Å². The molecule has 2 atom stereocenters. The molecule has 4 nitrogen and oxygen atoms in total. The van der Waals surface area contributed by atoms with E-state index in [1.165, 1.54) is 13.2 Å². The number of esters is 1. The van der Waals surface area contributed by atoms with E-state index in [1.54, 1.807) is 0 Å². The van der Waals surface area contributed by atoms with E-state index in [1.807, 2.05) is 6.92 Å². The first-order valence-electron chi connectivity index (χ1n) is 6.08. The van der Waals surface area contributed by atoms with E-state index in [9.17, 15) is 14.1 Å². The summed E-state index contributed by atoms with van der Waals surface area (Å²) in [6, 6.07) is 0. The first-order chi connectivity index (χ1) is 7.90. The lowest BCUT2D eigenvalue weighted by Gasteiger charge is -2.32. The van der Waals surface area contributed by atoms with Crippen molar-refractivity contribution < 1.29 is 18.8 Å². The zero-order valence-corrected chi connectivity index (χ0v) is 11.6. The third kappa shape index (κ3) is 2.88.